The first kappa shape index (κ1) is 25.2. The van der Waals surface area contributed by atoms with Gasteiger partial charge in [-0.05, 0) is 12.5 Å². The molecule has 0 spiro atoms. The lowest BCUT2D eigenvalue weighted by Gasteiger charge is -2.37. The number of ether oxygens (including phenoxy) is 1. The van der Waals surface area contributed by atoms with Crippen LogP contribution in [0.2, 0.25) is 0 Å². The Kier molecular flexibility index (Phi) is 6.25. The predicted octanol–water partition coefficient (Wildman–Crippen LogP) is 2.04. The zero-order valence-electron chi connectivity index (χ0n) is 17.1. The largest absolute Gasteiger partial charge is 0.463 e. The van der Waals surface area contributed by atoms with Gasteiger partial charge in [-0.25, -0.2) is 8.42 Å². The minimum Gasteiger partial charge on any atom is -0.415 e. The van der Waals surface area contributed by atoms with Gasteiger partial charge in [-0.1, -0.05) is 0 Å². The summed E-state index contributed by atoms with van der Waals surface area (Å²) in [5, 5.41) is 8.12. The minimum absolute atomic E-state index is 0.0291. The number of hydrogen-bond donors (Lipinski definition) is 1. The molecule has 2 aliphatic rings. The van der Waals surface area contributed by atoms with Gasteiger partial charge in [-0.15, -0.1) is 10.2 Å². The van der Waals surface area contributed by atoms with Gasteiger partial charge in [0, 0.05) is 12.8 Å². The molecule has 2 aromatic heterocycles. The first-order chi connectivity index (χ1) is 16.2. The second-order valence-electron chi connectivity index (χ2n) is 7.55. The first-order valence-corrected chi connectivity index (χ1v) is 11.1. The maximum Gasteiger partial charge on any atom is 0.463 e. The third-order valence-electron chi connectivity index (χ3n) is 5.35. The highest BCUT2D eigenvalue weighted by Gasteiger charge is 2.64. The molecule has 0 bridgehead atoms. The van der Waals surface area contributed by atoms with Crippen molar-refractivity contribution in [3.05, 3.63) is 23.8 Å². The number of fused-ring (bicyclic) bond motifs is 1. The number of alkyl halides is 7. The van der Waals surface area contributed by atoms with Crippen molar-refractivity contribution in [3.63, 3.8) is 0 Å². The van der Waals surface area contributed by atoms with Crippen LogP contribution in [0, 0.1) is 0 Å². The molecule has 2 atom stereocenters. The van der Waals surface area contributed by atoms with E-state index in [2.05, 4.69) is 15.2 Å². The highest BCUT2D eigenvalue weighted by Crippen LogP contribution is 2.38. The van der Waals surface area contributed by atoms with Crippen LogP contribution in [0.3, 0.4) is 0 Å². The van der Waals surface area contributed by atoms with Crippen molar-refractivity contribution in [3.8, 4) is 11.5 Å². The maximum atomic E-state index is 13.4. The van der Waals surface area contributed by atoms with Crippen LogP contribution in [-0.2, 0) is 26.1 Å². The average molecular weight is 533 g/mol. The summed E-state index contributed by atoms with van der Waals surface area (Å²) >= 11 is 0. The molecule has 4 heterocycles. The van der Waals surface area contributed by atoms with Crippen molar-refractivity contribution in [1.82, 2.24) is 24.8 Å². The van der Waals surface area contributed by atoms with Crippen molar-refractivity contribution in [2.75, 3.05) is 13.2 Å². The minimum atomic E-state index is -6.15. The summed E-state index contributed by atoms with van der Waals surface area (Å²) in [6, 6.07) is -1.75. The number of halogens is 7. The monoisotopic (exact) mass is 533 g/mol. The number of nitrogens with zero attached hydrogens (tertiary/aromatic N) is 4. The lowest BCUT2D eigenvalue weighted by molar-refractivity contribution is -0.270. The SMILES string of the molecule is O=C(N[C@@H]1CCOC[C@H]1N1Cc2ncc(-c3nnc(C(F)F)o3)cc2S1(=O)=O)C(F)(F)C(F)(F)F. The molecular formula is C17H14F7N5O5S. The normalized spacial score (nSPS) is 22.9. The Morgan fingerprint density at radius 1 is 1.20 bits per heavy atom. The Bertz CT molecular complexity index is 1240. The second kappa shape index (κ2) is 8.66. The number of carbonyl (C=O) groups excluding carboxylic acids is 1. The molecule has 10 nitrogen and oxygen atoms in total. The third kappa shape index (κ3) is 4.44. The summed E-state index contributed by atoms with van der Waals surface area (Å²) in [5.74, 6) is -9.76. The Balaban J connectivity index is 1.60. The van der Waals surface area contributed by atoms with E-state index in [1.54, 1.807) is 5.32 Å². The molecule has 18 heteroatoms. The molecule has 0 radical (unpaired) electrons. The molecule has 1 saturated heterocycles. The van der Waals surface area contributed by atoms with E-state index in [1.165, 1.54) is 0 Å². The summed E-state index contributed by atoms with van der Waals surface area (Å²) in [5.41, 5.74) is -0.137. The fourth-order valence-corrected chi connectivity index (χ4v) is 5.39. The molecule has 35 heavy (non-hydrogen) atoms. The molecule has 0 aliphatic carbocycles. The van der Waals surface area contributed by atoms with Crippen molar-refractivity contribution >= 4 is 15.9 Å². The van der Waals surface area contributed by atoms with Crippen molar-refractivity contribution in [2.45, 2.75) is 48.5 Å². The molecular weight excluding hydrogens is 519 g/mol. The van der Waals surface area contributed by atoms with Crippen LogP contribution in [0.25, 0.3) is 11.5 Å². The molecule has 0 aromatic carbocycles. The quantitative estimate of drug-likeness (QED) is 0.579. The molecule has 0 unspecified atom stereocenters. The van der Waals surface area contributed by atoms with Gasteiger partial charge >= 0.3 is 24.4 Å². The first-order valence-electron chi connectivity index (χ1n) is 9.69. The molecule has 1 N–H and O–H groups in total. The molecule has 192 valence electrons. The van der Waals surface area contributed by atoms with Crippen LogP contribution in [-0.4, -0.2) is 71.2 Å². The van der Waals surface area contributed by atoms with E-state index in [0.717, 1.165) is 16.6 Å². The average Bonchev–Trinajstić information content (AvgIpc) is 3.36. The molecule has 0 saturated carbocycles. The number of amides is 1. The molecule has 4 rings (SSSR count). The Morgan fingerprint density at radius 3 is 2.54 bits per heavy atom. The van der Waals surface area contributed by atoms with E-state index in [1.807, 2.05) is 0 Å². The summed E-state index contributed by atoms with van der Waals surface area (Å²) < 4.78 is 127. The smallest absolute Gasteiger partial charge is 0.415 e. The molecule has 1 fully saturated rings. The van der Waals surface area contributed by atoms with Crippen LogP contribution in [0.15, 0.2) is 21.6 Å². The summed E-state index contributed by atoms with van der Waals surface area (Å²) in [7, 11) is -4.43. The Labute approximate surface area is 191 Å². The highest BCUT2D eigenvalue weighted by molar-refractivity contribution is 7.89. The van der Waals surface area contributed by atoms with Gasteiger partial charge in [-0.3, -0.25) is 9.78 Å². The van der Waals surface area contributed by atoms with Crippen LogP contribution in [0.1, 0.15) is 24.4 Å². The van der Waals surface area contributed by atoms with Crippen LogP contribution < -0.4 is 5.32 Å². The standard InChI is InChI=1S/C17H14F7N5O5S/c18-12(19)14-28-27-13(34-14)7-3-11-9(25-4-7)5-29(35(11,31)32)10-6-33-2-1-8(10)26-15(30)16(20,21)17(22,23)24/h3-4,8,10,12H,1-2,5-6H2,(H,26,30)/t8-,10-/m1/s1. The Morgan fingerprint density at radius 2 is 1.91 bits per heavy atom. The van der Waals surface area contributed by atoms with Crippen molar-refractivity contribution in [2.24, 2.45) is 0 Å². The Hall–Kier alpha value is -2.86. The van der Waals surface area contributed by atoms with Gasteiger partial charge in [0.05, 0.1) is 36.5 Å². The van der Waals surface area contributed by atoms with Crippen molar-refractivity contribution in [1.29, 1.82) is 0 Å². The van der Waals surface area contributed by atoms with E-state index >= 15 is 0 Å². The fraction of sp³-hybridized carbons (Fsp3) is 0.529. The molecule has 2 aromatic rings. The van der Waals surface area contributed by atoms with Gasteiger partial charge in [0.1, 0.15) is 4.90 Å². The lowest BCUT2D eigenvalue weighted by atomic mass is 10.0. The van der Waals surface area contributed by atoms with Gasteiger partial charge in [0.25, 0.3) is 5.89 Å². The number of nitrogens with one attached hydrogen (secondary N) is 1. The van der Waals surface area contributed by atoms with Gasteiger partial charge in [0.15, 0.2) is 0 Å². The molecule has 2 aliphatic heterocycles. The van der Waals surface area contributed by atoms with E-state index in [9.17, 15) is 43.9 Å². The van der Waals surface area contributed by atoms with Crippen LogP contribution in [0.5, 0.6) is 0 Å². The maximum absolute atomic E-state index is 13.4. The van der Waals surface area contributed by atoms with E-state index < -0.39 is 76.4 Å². The third-order valence-corrected chi connectivity index (χ3v) is 7.28. The van der Waals surface area contributed by atoms with Gasteiger partial charge < -0.3 is 14.5 Å². The molecule has 1 amide bonds. The fourth-order valence-electron chi connectivity index (χ4n) is 3.59. The second-order valence-corrected chi connectivity index (χ2v) is 9.41. The zero-order valence-corrected chi connectivity index (χ0v) is 17.9. The number of rotatable bonds is 5. The summed E-state index contributed by atoms with van der Waals surface area (Å²) in [6.07, 6.45) is -8.38. The lowest BCUT2D eigenvalue weighted by Crippen LogP contribution is -2.60. The van der Waals surface area contributed by atoms with E-state index in [4.69, 9.17) is 9.15 Å². The number of hydrogen-bond acceptors (Lipinski definition) is 8. The van der Waals surface area contributed by atoms with Crippen LogP contribution >= 0.6 is 0 Å². The number of carbonyl (C=O) groups is 1. The van der Waals surface area contributed by atoms with Gasteiger partial charge in [-0.2, -0.15) is 35.0 Å². The predicted molar refractivity (Wildman–Crippen MR) is 97.4 cm³/mol. The summed E-state index contributed by atoms with van der Waals surface area (Å²) in [4.78, 5) is 15.2. The van der Waals surface area contributed by atoms with E-state index in [-0.39, 0.29) is 24.3 Å². The number of pyridine rings is 1. The van der Waals surface area contributed by atoms with E-state index in [0.29, 0.717) is 0 Å². The van der Waals surface area contributed by atoms with Crippen LogP contribution in [0.4, 0.5) is 30.7 Å². The van der Waals surface area contributed by atoms with Crippen molar-refractivity contribution < 1.29 is 53.1 Å². The zero-order chi connectivity index (χ0) is 25.8. The number of sulfonamides is 1. The number of aromatic nitrogens is 3. The highest BCUT2D eigenvalue weighted by atomic mass is 32.2. The summed E-state index contributed by atoms with van der Waals surface area (Å²) in [6.45, 7) is -0.962. The van der Waals surface area contributed by atoms with Gasteiger partial charge in [0.2, 0.25) is 15.9 Å². The topological polar surface area (TPSA) is 128 Å².